The fourth-order valence-electron chi connectivity index (χ4n) is 2.85. The number of benzene rings is 2. The summed E-state index contributed by atoms with van der Waals surface area (Å²) < 4.78 is 1.87. The molecule has 0 radical (unpaired) electrons. The number of nitrogens with zero attached hydrogens (tertiary/aromatic N) is 3. The van der Waals surface area contributed by atoms with Crippen molar-refractivity contribution in [3.8, 4) is 5.75 Å². The Morgan fingerprint density at radius 2 is 1.88 bits per heavy atom. The highest BCUT2D eigenvalue weighted by atomic mass is 32.1. The number of hydrogen-bond donors (Lipinski definition) is 2. The molecule has 4 aromatic rings. The summed E-state index contributed by atoms with van der Waals surface area (Å²) in [5.41, 5.74) is 1.48. The lowest BCUT2D eigenvalue weighted by Gasteiger charge is -2.09. The number of fused-ring (bicyclic) bond motifs is 2. The number of anilines is 1. The van der Waals surface area contributed by atoms with Crippen molar-refractivity contribution in [2.75, 3.05) is 5.32 Å². The zero-order chi connectivity index (χ0) is 16.8. The minimum Gasteiger partial charge on any atom is -0.507 e. The molecule has 7 heteroatoms. The topological polar surface area (TPSA) is 79.5 Å². The van der Waals surface area contributed by atoms with Crippen LogP contribution in [0.1, 0.15) is 21.2 Å². The molecule has 2 N–H and O–H groups in total. The third-order valence-electron chi connectivity index (χ3n) is 4.01. The summed E-state index contributed by atoms with van der Waals surface area (Å²) in [5.74, 6) is 0.752. The van der Waals surface area contributed by atoms with E-state index in [4.69, 9.17) is 0 Å². The van der Waals surface area contributed by atoms with Gasteiger partial charge < -0.3 is 10.4 Å². The first-order chi connectivity index (χ1) is 11.6. The second-order valence-electron chi connectivity index (χ2n) is 5.51. The van der Waals surface area contributed by atoms with Crippen LogP contribution < -0.4 is 5.32 Å². The molecule has 2 heterocycles. The van der Waals surface area contributed by atoms with Gasteiger partial charge in [0.25, 0.3) is 5.91 Å². The van der Waals surface area contributed by atoms with Gasteiger partial charge in [-0.15, -0.1) is 10.2 Å². The van der Waals surface area contributed by atoms with Crippen molar-refractivity contribution in [3.63, 3.8) is 0 Å². The van der Waals surface area contributed by atoms with E-state index in [2.05, 4.69) is 15.5 Å². The highest BCUT2D eigenvalue weighted by Crippen LogP contribution is 2.31. The Bertz CT molecular complexity index is 1100. The Hall–Kier alpha value is -2.93. The van der Waals surface area contributed by atoms with Gasteiger partial charge in [0.05, 0.1) is 0 Å². The van der Waals surface area contributed by atoms with E-state index in [0.717, 1.165) is 16.9 Å². The van der Waals surface area contributed by atoms with Gasteiger partial charge in [-0.05, 0) is 26.0 Å². The molecular weight excluding hydrogens is 324 g/mol. The van der Waals surface area contributed by atoms with E-state index in [1.54, 1.807) is 18.2 Å². The van der Waals surface area contributed by atoms with Crippen LogP contribution in [0.15, 0.2) is 36.4 Å². The predicted octanol–water partition coefficient (Wildman–Crippen LogP) is 3.52. The van der Waals surface area contributed by atoms with Crippen LogP contribution in [0.25, 0.3) is 15.7 Å². The number of nitrogens with one attached hydrogen (secondary N) is 1. The molecule has 0 saturated heterocycles. The molecule has 0 aliphatic carbocycles. The van der Waals surface area contributed by atoms with E-state index in [-0.39, 0.29) is 11.7 Å². The Labute approximate surface area is 141 Å². The summed E-state index contributed by atoms with van der Waals surface area (Å²) in [6.45, 7) is 3.73. The average Bonchev–Trinajstić information content (AvgIpc) is 3.09. The van der Waals surface area contributed by atoms with Crippen molar-refractivity contribution >= 4 is 38.7 Å². The number of phenolic OH excluding ortho intramolecular Hbond substituents is 1. The zero-order valence-corrected chi connectivity index (χ0v) is 13.9. The molecule has 0 unspecified atom stereocenters. The van der Waals surface area contributed by atoms with Crippen LogP contribution in [-0.4, -0.2) is 25.6 Å². The maximum absolute atomic E-state index is 12.7. The van der Waals surface area contributed by atoms with Gasteiger partial charge in [0.15, 0.2) is 0 Å². The normalized spacial score (nSPS) is 11.2. The maximum Gasteiger partial charge on any atom is 0.267 e. The Morgan fingerprint density at radius 3 is 2.67 bits per heavy atom. The zero-order valence-electron chi connectivity index (χ0n) is 13.1. The molecule has 6 nitrogen and oxygen atoms in total. The van der Waals surface area contributed by atoms with Crippen LogP contribution in [0.4, 0.5) is 5.69 Å². The number of hydrogen-bond acceptors (Lipinski definition) is 5. The summed E-state index contributed by atoms with van der Waals surface area (Å²) in [5, 5.41) is 22.5. The predicted molar refractivity (Wildman–Crippen MR) is 93.9 cm³/mol. The third-order valence-corrected chi connectivity index (χ3v) is 5.14. The molecule has 0 spiro atoms. The van der Waals surface area contributed by atoms with Gasteiger partial charge in [-0.25, -0.2) is 0 Å². The SMILES string of the molecule is Cc1nnc2sc(C(=O)Nc3cccc4c(O)cccc34)c(C)n12. The van der Waals surface area contributed by atoms with Crippen LogP contribution >= 0.6 is 11.3 Å². The number of aryl methyl sites for hydroxylation is 2. The second kappa shape index (κ2) is 5.31. The molecule has 0 bridgehead atoms. The minimum absolute atomic E-state index is 0.191. The molecule has 0 saturated carbocycles. The van der Waals surface area contributed by atoms with Gasteiger partial charge in [0.2, 0.25) is 4.96 Å². The van der Waals surface area contributed by atoms with Crippen LogP contribution in [0.2, 0.25) is 0 Å². The Kier molecular flexibility index (Phi) is 3.24. The lowest BCUT2D eigenvalue weighted by atomic mass is 10.1. The van der Waals surface area contributed by atoms with E-state index in [1.165, 1.54) is 11.3 Å². The van der Waals surface area contributed by atoms with E-state index < -0.39 is 0 Å². The molecule has 120 valence electrons. The van der Waals surface area contributed by atoms with Crippen LogP contribution in [0.3, 0.4) is 0 Å². The molecule has 1 amide bonds. The van der Waals surface area contributed by atoms with Crippen molar-refractivity contribution in [1.82, 2.24) is 14.6 Å². The molecule has 0 atom stereocenters. The standard InChI is InChI=1S/C17H14N4O2S/c1-9-15(24-17-20-19-10(2)21(9)17)16(23)18-13-7-3-6-12-11(13)5-4-8-14(12)22/h3-8,22H,1-2H3,(H,18,23). The van der Waals surface area contributed by atoms with Gasteiger partial charge >= 0.3 is 0 Å². The number of rotatable bonds is 2. The number of carbonyl (C=O) groups is 1. The van der Waals surface area contributed by atoms with E-state index >= 15 is 0 Å². The van der Waals surface area contributed by atoms with Crippen molar-refractivity contribution in [3.05, 3.63) is 52.8 Å². The average molecular weight is 338 g/mol. The van der Waals surface area contributed by atoms with Gasteiger partial charge in [-0.1, -0.05) is 35.6 Å². The Morgan fingerprint density at radius 1 is 1.12 bits per heavy atom. The highest BCUT2D eigenvalue weighted by Gasteiger charge is 2.19. The monoisotopic (exact) mass is 338 g/mol. The summed E-state index contributed by atoms with van der Waals surface area (Å²) in [4.78, 5) is 14.0. The summed E-state index contributed by atoms with van der Waals surface area (Å²) in [7, 11) is 0. The molecule has 0 aliphatic rings. The number of amides is 1. The van der Waals surface area contributed by atoms with Crippen molar-refractivity contribution < 1.29 is 9.90 Å². The van der Waals surface area contributed by atoms with Crippen LogP contribution in [0, 0.1) is 13.8 Å². The van der Waals surface area contributed by atoms with E-state index in [0.29, 0.717) is 20.9 Å². The number of phenols is 1. The highest BCUT2D eigenvalue weighted by molar-refractivity contribution is 7.19. The van der Waals surface area contributed by atoms with Gasteiger partial charge in [0.1, 0.15) is 16.5 Å². The molecule has 4 rings (SSSR count). The number of aromatic nitrogens is 3. The lowest BCUT2D eigenvalue weighted by molar-refractivity contribution is 0.103. The minimum atomic E-state index is -0.196. The Balaban J connectivity index is 1.76. The first kappa shape index (κ1) is 14.6. The number of carbonyl (C=O) groups excluding carboxylic acids is 1. The van der Waals surface area contributed by atoms with Gasteiger partial charge in [-0.2, -0.15) is 0 Å². The molecular formula is C17H14N4O2S. The molecule has 24 heavy (non-hydrogen) atoms. The van der Waals surface area contributed by atoms with Gasteiger partial charge in [-0.3, -0.25) is 9.20 Å². The van der Waals surface area contributed by atoms with Crippen LogP contribution in [0.5, 0.6) is 5.75 Å². The van der Waals surface area contributed by atoms with Gasteiger partial charge in [0, 0.05) is 22.2 Å². The molecule has 0 aliphatic heterocycles. The fraction of sp³-hybridized carbons (Fsp3) is 0.118. The van der Waals surface area contributed by atoms with E-state index in [1.807, 2.05) is 36.4 Å². The fourth-order valence-corrected chi connectivity index (χ4v) is 3.86. The van der Waals surface area contributed by atoms with Crippen molar-refractivity contribution in [2.45, 2.75) is 13.8 Å². The third kappa shape index (κ3) is 2.13. The first-order valence-electron chi connectivity index (χ1n) is 7.39. The summed E-state index contributed by atoms with van der Waals surface area (Å²) in [6, 6.07) is 10.7. The van der Waals surface area contributed by atoms with Crippen molar-refractivity contribution in [2.24, 2.45) is 0 Å². The maximum atomic E-state index is 12.7. The van der Waals surface area contributed by atoms with Crippen molar-refractivity contribution in [1.29, 1.82) is 0 Å². The largest absolute Gasteiger partial charge is 0.507 e. The molecule has 2 aromatic carbocycles. The molecule has 2 aromatic heterocycles. The summed E-state index contributed by atoms with van der Waals surface area (Å²) >= 11 is 1.31. The number of thiazole rings is 1. The van der Waals surface area contributed by atoms with Crippen LogP contribution in [-0.2, 0) is 0 Å². The first-order valence-corrected chi connectivity index (χ1v) is 8.21. The second-order valence-corrected chi connectivity index (χ2v) is 6.49. The van der Waals surface area contributed by atoms with E-state index in [9.17, 15) is 9.90 Å². The smallest absolute Gasteiger partial charge is 0.267 e. The summed E-state index contributed by atoms with van der Waals surface area (Å²) in [6.07, 6.45) is 0. The lowest BCUT2D eigenvalue weighted by Crippen LogP contribution is -2.12. The quantitative estimate of drug-likeness (QED) is 0.586. The number of aromatic hydroxyl groups is 1. The molecule has 0 fully saturated rings.